The fourth-order valence-corrected chi connectivity index (χ4v) is 5.92. The second-order valence-corrected chi connectivity index (χ2v) is 11.4. The number of nitrogens with zero attached hydrogens (tertiary/aromatic N) is 2. The van der Waals surface area contributed by atoms with Gasteiger partial charge in [-0.3, -0.25) is 13.9 Å². The third kappa shape index (κ3) is 7.32. The number of ether oxygens (including phenoxy) is 1. The third-order valence-electron chi connectivity index (χ3n) is 6.75. The van der Waals surface area contributed by atoms with E-state index in [0.29, 0.717) is 11.3 Å². The minimum Gasteiger partial charge on any atom is -0.497 e. The minimum absolute atomic E-state index is 0.0304. The molecule has 4 rings (SSSR count). The number of hydrogen-bond acceptors (Lipinski definition) is 5. The van der Waals surface area contributed by atoms with E-state index < -0.39 is 40.2 Å². The Balaban J connectivity index is 1.76. The minimum atomic E-state index is -4.22. The summed E-state index contributed by atoms with van der Waals surface area (Å²) < 4.78 is 47.7. The van der Waals surface area contributed by atoms with E-state index in [1.54, 1.807) is 30.3 Å². The van der Waals surface area contributed by atoms with Gasteiger partial charge >= 0.3 is 0 Å². The molecule has 8 nitrogen and oxygen atoms in total. The zero-order valence-corrected chi connectivity index (χ0v) is 24.1. The monoisotopic (exact) mass is 589 g/mol. The first-order chi connectivity index (χ1) is 20.2. The molecule has 0 saturated heterocycles. The van der Waals surface area contributed by atoms with Gasteiger partial charge in [-0.15, -0.1) is 0 Å². The predicted molar refractivity (Wildman–Crippen MR) is 159 cm³/mol. The van der Waals surface area contributed by atoms with Gasteiger partial charge in [0.2, 0.25) is 11.8 Å². The molecule has 0 heterocycles. The second kappa shape index (κ2) is 13.8. The molecular formula is C32H32FN3O5S. The summed E-state index contributed by atoms with van der Waals surface area (Å²) >= 11 is 0. The highest BCUT2D eigenvalue weighted by molar-refractivity contribution is 7.92. The molecule has 218 valence electrons. The van der Waals surface area contributed by atoms with Gasteiger partial charge < -0.3 is 15.0 Å². The van der Waals surface area contributed by atoms with Crippen LogP contribution in [0.2, 0.25) is 0 Å². The number of nitrogens with one attached hydrogen (secondary N) is 1. The van der Waals surface area contributed by atoms with Crippen LogP contribution in [0.3, 0.4) is 0 Å². The summed E-state index contributed by atoms with van der Waals surface area (Å²) in [7, 11) is -1.26. The number of carbonyl (C=O) groups excluding carboxylic acids is 2. The van der Waals surface area contributed by atoms with Crippen molar-refractivity contribution in [1.82, 2.24) is 10.2 Å². The maximum atomic E-state index is 14.2. The molecule has 0 aliphatic rings. The Labute approximate surface area is 245 Å². The van der Waals surface area contributed by atoms with E-state index in [0.717, 1.165) is 9.87 Å². The Morgan fingerprint density at radius 3 is 2.00 bits per heavy atom. The maximum Gasteiger partial charge on any atom is 0.264 e. The van der Waals surface area contributed by atoms with Crippen molar-refractivity contribution in [3.63, 3.8) is 0 Å². The Bertz CT molecular complexity index is 1580. The van der Waals surface area contributed by atoms with Crippen molar-refractivity contribution < 1.29 is 27.1 Å². The number of anilines is 1. The Kier molecular flexibility index (Phi) is 9.93. The van der Waals surface area contributed by atoms with Gasteiger partial charge in [-0.2, -0.15) is 0 Å². The van der Waals surface area contributed by atoms with Crippen LogP contribution in [0.1, 0.15) is 11.1 Å². The maximum absolute atomic E-state index is 14.2. The molecule has 0 bridgehead atoms. The van der Waals surface area contributed by atoms with Crippen LogP contribution in [0.25, 0.3) is 0 Å². The first kappa shape index (κ1) is 30.3. The molecule has 10 heteroatoms. The molecule has 4 aromatic rings. The van der Waals surface area contributed by atoms with E-state index in [-0.39, 0.29) is 23.5 Å². The molecule has 0 aliphatic heterocycles. The zero-order chi connectivity index (χ0) is 30.1. The number of para-hydroxylation sites is 1. The van der Waals surface area contributed by atoms with Gasteiger partial charge in [-0.05, 0) is 59.7 Å². The molecule has 4 aromatic carbocycles. The Morgan fingerprint density at radius 2 is 1.43 bits per heavy atom. The number of likely N-dealkylation sites (N-methyl/N-ethyl adjacent to an activating group) is 1. The van der Waals surface area contributed by atoms with E-state index in [4.69, 9.17) is 4.74 Å². The summed E-state index contributed by atoms with van der Waals surface area (Å²) in [5.74, 6) is -0.982. The van der Waals surface area contributed by atoms with Gasteiger partial charge in [0.15, 0.2) is 0 Å². The van der Waals surface area contributed by atoms with Crippen molar-refractivity contribution in [3.05, 3.63) is 126 Å². The number of carbonyl (C=O) groups is 2. The molecule has 0 fully saturated rings. The summed E-state index contributed by atoms with van der Waals surface area (Å²) in [6.07, 6.45) is 0.185. The standard InChI is InChI=1S/C32H32FN3O5S/c1-34-32(38)30(21-24-9-5-3-6-10-24)35(22-25-13-15-26(33)16-14-25)31(37)23-36(27-11-7-4-8-12-27)42(39,40)29-19-17-28(41-2)18-20-29/h3-20,30H,21-23H2,1-2H3,(H,34,38)/t30-/m1/s1. The van der Waals surface area contributed by atoms with Crippen LogP contribution >= 0.6 is 0 Å². The molecule has 0 saturated carbocycles. The largest absolute Gasteiger partial charge is 0.497 e. The Morgan fingerprint density at radius 1 is 0.833 bits per heavy atom. The van der Waals surface area contributed by atoms with Crippen LogP contribution in [0, 0.1) is 5.82 Å². The normalized spacial score (nSPS) is 11.8. The molecule has 0 unspecified atom stereocenters. The van der Waals surface area contributed by atoms with E-state index in [2.05, 4.69) is 5.32 Å². The molecular weight excluding hydrogens is 557 g/mol. The van der Waals surface area contributed by atoms with Crippen molar-refractivity contribution in [2.24, 2.45) is 0 Å². The molecule has 2 amide bonds. The molecule has 0 aliphatic carbocycles. The number of hydrogen-bond donors (Lipinski definition) is 1. The molecule has 0 spiro atoms. The first-order valence-electron chi connectivity index (χ1n) is 13.2. The fourth-order valence-electron chi connectivity index (χ4n) is 4.51. The van der Waals surface area contributed by atoms with Crippen LogP contribution in [0.5, 0.6) is 5.75 Å². The summed E-state index contributed by atoms with van der Waals surface area (Å²) in [5.41, 5.74) is 1.67. The number of halogens is 1. The molecule has 1 atom stereocenters. The van der Waals surface area contributed by atoms with Crippen LogP contribution in [-0.4, -0.2) is 51.9 Å². The van der Waals surface area contributed by atoms with E-state index in [9.17, 15) is 22.4 Å². The van der Waals surface area contributed by atoms with Crippen molar-refractivity contribution in [2.45, 2.75) is 23.9 Å². The second-order valence-electron chi connectivity index (χ2n) is 9.49. The van der Waals surface area contributed by atoms with Crippen molar-refractivity contribution in [2.75, 3.05) is 25.0 Å². The SMILES string of the molecule is CNC(=O)[C@@H](Cc1ccccc1)N(Cc1ccc(F)cc1)C(=O)CN(c1ccccc1)S(=O)(=O)c1ccc(OC)cc1. The number of methoxy groups -OCH3 is 1. The average molecular weight is 590 g/mol. The molecule has 1 N–H and O–H groups in total. The number of amides is 2. The summed E-state index contributed by atoms with van der Waals surface area (Å²) in [6, 6.07) is 28.0. The zero-order valence-electron chi connectivity index (χ0n) is 23.3. The number of benzene rings is 4. The topological polar surface area (TPSA) is 96.0 Å². The van der Waals surface area contributed by atoms with Crippen LogP contribution in [-0.2, 0) is 32.6 Å². The summed E-state index contributed by atoms with van der Waals surface area (Å²) in [5, 5.41) is 2.63. The van der Waals surface area contributed by atoms with E-state index in [1.807, 2.05) is 30.3 Å². The van der Waals surface area contributed by atoms with Gasteiger partial charge in [0, 0.05) is 20.0 Å². The van der Waals surface area contributed by atoms with Gasteiger partial charge in [0.25, 0.3) is 10.0 Å². The van der Waals surface area contributed by atoms with Crippen molar-refractivity contribution in [1.29, 1.82) is 0 Å². The highest BCUT2D eigenvalue weighted by Gasteiger charge is 2.34. The van der Waals surface area contributed by atoms with Gasteiger partial charge in [-0.25, -0.2) is 12.8 Å². The van der Waals surface area contributed by atoms with Crippen LogP contribution in [0.4, 0.5) is 10.1 Å². The quantitative estimate of drug-likeness (QED) is 0.264. The lowest BCUT2D eigenvalue weighted by atomic mass is 10.0. The first-order valence-corrected chi connectivity index (χ1v) is 14.7. The van der Waals surface area contributed by atoms with Crippen LogP contribution in [0.15, 0.2) is 114 Å². The third-order valence-corrected chi connectivity index (χ3v) is 8.54. The van der Waals surface area contributed by atoms with Gasteiger partial charge in [0.05, 0.1) is 17.7 Å². The highest BCUT2D eigenvalue weighted by Crippen LogP contribution is 2.26. The van der Waals surface area contributed by atoms with Crippen LogP contribution < -0.4 is 14.4 Å². The Hall–Kier alpha value is -4.70. The lowest BCUT2D eigenvalue weighted by molar-refractivity contribution is -0.139. The van der Waals surface area contributed by atoms with Crippen molar-refractivity contribution >= 4 is 27.5 Å². The van der Waals surface area contributed by atoms with Gasteiger partial charge in [0.1, 0.15) is 24.2 Å². The fraction of sp³-hybridized carbons (Fsp3) is 0.188. The summed E-state index contributed by atoms with van der Waals surface area (Å²) in [4.78, 5) is 28.7. The predicted octanol–water partition coefficient (Wildman–Crippen LogP) is 4.42. The highest BCUT2D eigenvalue weighted by atomic mass is 32.2. The molecule has 0 radical (unpaired) electrons. The molecule has 0 aromatic heterocycles. The number of sulfonamides is 1. The van der Waals surface area contributed by atoms with E-state index in [1.165, 1.54) is 67.6 Å². The van der Waals surface area contributed by atoms with Crippen molar-refractivity contribution in [3.8, 4) is 5.75 Å². The lowest BCUT2D eigenvalue weighted by Crippen LogP contribution is -2.53. The summed E-state index contributed by atoms with van der Waals surface area (Å²) in [6.45, 7) is -0.628. The smallest absolute Gasteiger partial charge is 0.264 e. The average Bonchev–Trinajstić information content (AvgIpc) is 3.02. The van der Waals surface area contributed by atoms with E-state index >= 15 is 0 Å². The molecule has 42 heavy (non-hydrogen) atoms. The number of rotatable bonds is 12. The van der Waals surface area contributed by atoms with Gasteiger partial charge in [-0.1, -0.05) is 60.7 Å². The lowest BCUT2D eigenvalue weighted by Gasteiger charge is -2.33.